The van der Waals surface area contributed by atoms with E-state index in [1.165, 1.54) is 25.7 Å². The Bertz CT molecular complexity index is 1560. The normalized spacial score (nSPS) is 20.5. The molecule has 0 aliphatic carbocycles. The number of aromatic amines is 1. The number of nitrogens with zero attached hydrogens (tertiary/aromatic N) is 3. The molecule has 1 aromatic heterocycles. The SMILES string of the molecule is O=C(N[C@H](Cc1cc(Br)c(O)c(Br)c1)C(=O)N1CCC(C2CCCCCN2)CC1)N1CCC(n2cc(-c3ccccc3)[nH]c2=O)CC1. The molecule has 252 valence electrons. The third-order valence-corrected chi connectivity index (χ3v) is 11.3. The number of urea groups is 1. The summed E-state index contributed by atoms with van der Waals surface area (Å²) in [5.41, 5.74) is 2.40. The molecular formula is C35H44Br2N6O4. The fourth-order valence-electron chi connectivity index (χ4n) is 7.40. The number of benzene rings is 2. The van der Waals surface area contributed by atoms with E-state index in [-0.39, 0.29) is 29.4 Å². The van der Waals surface area contributed by atoms with Gasteiger partial charge in [0.2, 0.25) is 5.91 Å². The number of likely N-dealkylation sites (tertiary alicyclic amines) is 2. The number of hydrogen-bond donors (Lipinski definition) is 4. The van der Waals surface area contributed by atoms with Gasteiger partial charge in [-0.25, -0.2) is 9.59 Å². The Hall–Kier alpha value is -3.09. The van der Waals surface area contributed by atoms with Crippen molar-refractivity contribution in [2.45, 2.75) is 75.9 Å². The molecule has 0 spiro atoms. The maximum atomic E-state index is 14.1. The lowest BCUT2D eigenvalue weighted by atomic mass is 9.86. The second-order valence-corrected chi connectivity index (χ2v) is 14.9. The number of aromatic hydroxyl groups is 1. The molecule has 3 saturated heterocycles. The Labute approximate surface area is 292 Å². The van der Waals surface area contributed by atoms with Crippen LogP contribution in [0.15, 0.2) is 62.4 Å². The van der Waals surface area contributed by atoms with Gasteiger partial charge in [0.1, 0.15) is 11.8 Å². The molecule has 3 aliphatic rings. The molecule has 1 unspecified atom stereocenters. The zero-order valence-corrected chi connectivity index (χ0v) is 29.8. The van der Waals surface area contributed by atoms with Crippen molar-refractivity contribution in [2.24, 2.45) is 5.92 Å². The first-order valence-corrected chi connectivity index (χ1v) is 18.5. The highest BCUT2D eigenvalue weighted by Gasteiger charge is 2.34. The van der Waals surface area contributed by atoms with E-state index in [4.69, 9.17) is 0 Å². The average Bonchev–Trinajstić information content (AvgIpc) is 3.28. The van der Waals surface area contributed by atoms with Gasteiger partial charge < -0.3 is 30.5 Å². The molecule has 3 amide bonds. The summed E-state index contributed by atoms with van der Waals surface area (Å²) in [6.07, 6.45) is 10.3. The van der Waals surface area contributed by atoms with E-state index in [0.29, 0.717) is 66.3 Å². The lowest BCUT2D eigenvalue weighted by Crippen LogP contribution is -2.56. The molecule has 2 atom stereocenters. The molecule has 3 aromatic rings. The predicted molar refractivity (Wildman–Crippen MR) is 189 cm³/mol. The summed E-state index contributed by atoms with van der Waals surface area (Å²) < 4.78 is 2.79. The van der Waals surface area contributed by atoms with Crippen LogP contribution in [0.2, 0.25) is 0 Å². The third-order valence-electron chi connectivity index (χ3n) is 10.1. The van der Waals surface area contributed by atoms with Crippen LogP contribution >= 0.6 is 31.9 Å². The van der Waals surface area contributed by atoms with Gasteiger partial charge in [0.15, 0.2) is 0 Å². The quantitative estimate of drug-likeness (QED) is 0.242. The fraction of sp³-hybridized carbons (Fsp3) is 0.514. The summed E-state index contributed by atoms with van der Waals surface area (Å²) in [7, 11) is 0. The zero-order chi connectivity index (χ0) is 32.9. The van der Waals surface area contributed by atoms with Crippen molar-refractivity contribution in [1.82, 2.24) is 30.0 Å². The summed E-state index contributed by atoms with van der Waals surface area (Å²) in [5.74, 6) is 0.579. The molecule has 4 N–H and O–H groups in total. The zero-order valence-electron chi connectivity index (χ0n) is 26.6. The van der Waals surface area contributed by atoms with Crippen molar-refractivity contribution in [3.8, 4) is 17.0 Å². The smallest absolute Gasteiger partial charge is 0.326 e. The monoisotopic (exact) mass is 770 g/mol. The molecule has 0 saturated carbocycles. The average molecular weight is 773 g/mol. The standard InChI is InChI=1S/C35H44Br2N6O4/c36-27-19-23(20-28(37)32(27)44)21-30(33(45)41-15-10-25(11-16-41)29-9-5-2-6-14-38-29)39-34(46)42-17-12-26(13-18-42)43-22-31(40-35(43)47)24-7-3-1-4-8-24/h1,3-4,7-8,19-20,22,25-26,29-30,38,44H,2,5-6,9-18,21H2,(H,39,46)(H,40,47)/t29?,30-/m1/s1. The number of piperidine rings is 2. The minimum absolute atomic E-state index is 0.0198. The first-order chi connectivity index (χ1) is 22.8. The topological polar surface area (TPSA) is 123 Å². The molecule has 6 rings (SSSR count). The molecule has 0 radical (unpaired) electrons. The van der Waals surface area contributed by atoms with Crippen molar-refractivity contribution < 1.29 is 14.7 Å². The Kier molecular flexibility index (Phi) is 11.1. The Morgan fingerprint density at radius 1 is 0.915 bits per heavy atom. The Balaban J connectivity index is 1.11. The third kappa shape index (κ3) is 8.14. The van der Waals surface area contributed by atoms with Gasteiger partial charge in [0, 0.05) is 50.9 Å². The van der Waals surface area contributed by atoms with E-state index < -0.39 is 6.04 Å². The second-order valence-electron chi connectivity index (χ2n) is 13.2. The molecule has 47 heavy (non-hydrogen) atoms. The number of halogens is 2. The molecule has 0 bridgehead atoms. The van der Waals surface area contributed by atoms with Crippen LogP contribution in [0.1, 0.15) is 63.0 Å². The maximum absolute atomic E-state index is 14.1. The van der Waals surface area contributed by atoms with E-state index in [0.717, 1.165) is 36.2 Å². The number of carbonyl (C=O) groups is 2. The highest BCUT2D eigenvalue weighted by Crippen LogP contribution is 2.34. The lowest BCUT2D eigenvalue weighted by molar-refractivity contribution is -0.134. The van der Waals surface area contributed by atoms with E-state index in [1.54, 1.807) is 21.6 Å². The predicted octanol–water partition coefficient (Wildman–Crippen LogP) is 5.80. The molecule has 3 aliphatic heterocycles. The minimum Gasteiger partial charge on any atom is -0.506 e. The number of rotatable bonds is 7. The van der Waals surface area contributed by atoms with E-state index in [2.05, 4.69) is 47.5 Å². The number of hydrogen-bond acceptors (Lipinski definition) is 5. The number of phenols is 1. The van der Waals surface area contributed by atoms with Crippen molar-refractivity contribution in [1.29, 1.82) is 0 Å². The van der Waals surface area contributed by atoms with Crippen LogP contribution in [0, 0.1) is 5.92 Å². The van der Waals surface area contributed by atoms with Gasteiger partial charge in [0.25, 0.3) is 0 Å². The van der Waals surface area contributed by atoms with E-state index in [9.17, 15) is 19.5 Å². The van der Waals surface area contributed by atoms with Crippen LogP contribution in [0.5, 0.6) is 5.75 Å². The molecular weight excluding hydrogens is 728 g/mol. The van der Waals surface area contributed by atoms with Crippen molar-refractivity contribution in [2.75, 3.05) is 32.7 Å². The number of H-pyrrole nitrogens is 1. The molecule has 3 fully saturated rings. The van der Waals surface area contributed by atoms with Crippen LogP contribution in [-0.4, -0.2) is 81.2 Å². The van der Waals surface area contributed by atoms with Crippen LogP contribution < -0.4 is 16.3 Å². The molecule has 10 nitrogen and oxygen atoms in total. The summed E-state index contributed by atoms with van der Waals surface area (Å²) in [6.45, 7) is 3.39. The summed E-state index contributed by atoms with van der Waals surface area (Å²) in [5, 5.41) is 17.1. The first kappa shape index (κ1) is 33.8. The van der Waals surface area contributed by atoms with Gasteiger partial charge in [-0.05, 0) is 106 Å². The minimum atomic E-state index is -0.753. The van der Waals surface area contributed by atoms with Crippen molar-refractivity contribution in [3.63, 3.8) is 0 Å². The molecule has 2 aromatic carbocycles. The first-order valence-electron chi connectivity index (χ1n) is 16.9. The number of aromatic nitrogens is 2. The summed E-state index contributed by atoms with van der Waals surface area (Å²) >= 11 is 6.81. The van der Waals surface area contributed by atoms with Gasteiger partial charge in [-0.1, -0.05) is 43.2 Å². The van der Waals surface area contributed by atoms with Crippen LogP contribution in [-0.2, 0) is 11.2 Å². The van der Waals surface area contributed by atoms with Crippen LogP contribution in [0.25, 0.3) is 11.3 Å². The Morgan fingerprint density at radius 2 is 1.60 bits per heavy atom. The van der Waals surface area contributed by atoms with Crippen LogP contribution in [0.4, 0.5) is 4.79 Å². The highest BCUT2D eigenvalue weighted by atomic mass is 79.9. The van der Waals surface area contributed by atoms with Gasteiger partial charge in [-0.2, -0.15) is 0 Å². The van der Waals surface area contributed by atoms with Gasteiger partial charge in [-0.3, -0.25) is 9.36 Å². The van der Waals surface area contributed by atoms with E-state index >= 15 is 0 Å². The van der Waals surface area contributed by atoms with Gasteiger partial charge in [-0.15, -0.1) is 0 Å². The van der Waals surface area contributed by atoms with Crippen LogP contribution in [0.3, 0.4) is 0 Å². The molecule has 12 heteroatoms. The summed E-state index contributed by atoms with van der Waals surface area (Å²) in [4.78, 5) is 47.2. The number of amides is 3. The number of imidazole rings is 1. The van der Waals surface area contributed by atoms with Crippen molar-refractivity contribution in [3.05, 3.63) is 73.7 Å². The number of phenolic OH excluding ortho intramolecular Hbond substituents is 1. The fourth-order valence-corrected chi connectivity index (χ4v) is 8.69. The van der Waals surface area contributed by atoms with Gasteiger partial charge in [0.05, 0.1) is 14.6 Å². The number of carbonyl (C=O) groups excluding carboxylic acids is 2. The highest BCUT2D eigenvalue weighted by molar-refractivity contribution is 9.11. The lowest BCUT2D eigenvalue weighted by Gasteiger charge is -2.38. The maximum Gasteiger partial charge on any atom is 0.326 e. The van der Waals surface area contributed by atoms with Crippen molar-refractivity contribution >= 4 is 43.8 Å². The molecule has 4 heterocycles. The second kappa shape index (κ2) is 15.4. The Morgan fingerprint density at radius 3 is 2.30 bits per heavy atom. The van der Waals surface area contributed by atoms with Gasteiger partial charge >= 0.3 is 11.7 Å². The summed E-state index contributed by atoms with van der Waals surface area (Å²) in [6, 6.07) is 12.8. The largest absolute Gasteiger partial charge is 0.506 e. The van der Waals surface area contributed by atoms with E-state index in [1.807, 2.05) is 41.4 Å². The number of nitrogens with one attached hydrogen (secondary N) is 3.